The standard InChI is InChI=1S/C13H13BrN2O4/c14-11-8-2-1-5-13(8,11)12(18)15-9-6-7(16(19)20)3-4-10(9)17/h3-4,6,8,11,17H,1-2,5H2,(H,15,18)/t8-,11-,13+/m0/s1. The van der Waals surface area contributed by atoms with Gasteiger partial charge in [0.1, 0.15) is 5.75 Å². The predicted molar refractivity (Wildman–Crippen MR) is 75.9 cm³/mol. The van der Waals surface area contributed by atoms with E-state index in [0.29, 0.717) is 5.92 Å². The van der Waals surface area contributed by atoms with Gasteiger partial charge in [-0.25, -0.2) is 0 Å². The highest BCUT2D eigenvalue weighted by Gasteiger charge is 2.70. The SMILES string of the molecule is O=C(Nc1cc([N+](=O)[O-])ccc1O)[C@]12CCC[C@H]1[C@@H]2Br. The molecule has 106 valence electrons. The molecule has 0 unspecified atom stereocenters. The molecule has 2 fully saturated rings. The Balaban J connectivity index is 1.83. The number of halogens is 1. The fourth-order valence-corrected chi connectivity index (χ4v) is 4.55. The van der Waals surface area contributed by atoms with E-state index in [9.17, 15) is 20.0 Å². The number of phenolic OH excluding ortho intramolecular Hbond substituents is 1. The van der Waals surface area contributed by atoms with Crippen molar-refractivity contribution in [1.82, 2.24) is 0 Å². The van der Waals surface area contributed by atoms with Crippen LogP contribution in [0, 0.1) is 21.4 Å². The molecule has 0 heterocycles. The molecule has 0 spiro atoms. The van der Waals surface area contributed by atoms with Crippen LogP contribution in [0.2, 0.25) is 0 Å². The van der Waals surface area contributed by atoms with Crippen LogP contribution in [0.3, 0.4) is 0 Å². The second-order valence-electron chi connectivity index (χ2n) is 5.35. The van der Waals surface area contributed by atoms with E-state index < -0.39 is 10.3 Å². The molecule has 0 aliphatic heterocycles. The summed E-state index contributed by atoms with van der Waals surface area (Å²) in [5.74, 6) is 0.00248. The van der Waals surface area contributed by atoms with E-state index in [1.165, 1.54) is 18.2 Å². The monoisotopic (exact) mass is 340 g/mol. The van der Waals surface area contributed by atoms with Gasteiger partial charge < -0.3 is 10.4 Å². The van der Waals surface area contributed by atoms with Crippen LogP contribution in [0.4, 0.5) is 11.4 Å². The van der Waals surface area contributed by atoms with Crippen LogP contribution in [0.1, 0.15) is 19.3 Å². The van der Waals surface area contributed by atoms with E-state index in [-0.39, 0.29) is 27.9 Å². The van der Waals surface area contributed by atoms with E-state index in [1.807, 2.05) is 0 Å². The Morgan fingerprint density at radius 1 is 1.55 bits per heavy atom. The van der Waals surface area contributed by atoms with Crippen LogP contribution in [0.5, 0.6) is 5.75 Å². The maximum Gasteiger partial charge on any atom is 0.271 e. The largest absolute Gasteiger partial charge is 0.506 e. The first kappa shape index (κ1) is 13.4. The van der Waals surface area contributed by atoms with Gasteiger partial charge in [-0.1, -0.05) is 22.4 Å². The molecule has 1 aromatic rings. The number of aromatic hydroxyl groups is 1. The van der Waals surface area contributed by atoms with Crippen LogP contribution in [-0.2, 0) is 4.79 Å². The quantitative estimate of drug-likeness (QED) is 0.383. The Morgan fingerprint density at radius 2 is 2.30 bits per heavy atom. The number of fused-ring (bicyclic) bond motifs is 1. The molecule has 1 amide bonds. The van der Waals surface area contributed by atoms with E-state index in [0.717, 1.165) is 19.3 Å². The minimum absolute atomic E-state index is 0.0934. The Hall–Kier alpha value is -1.63. The van der Waals surface area contributed by atoms with Gasteiger partial charge in [-0.3, -0.25) is 14.9 Å². The minimum Gasteiger partial charge on any atom is -0.506 e. The summed E-state index contributed by atoms with van der Waals surface area (Å²) in [6, 6.07) is 3.60. The maximum atomic E-state index is 12.4. The van der Waals surface area contributed by atoms with Gasteiger partial charge in [0, 0.05) is 17.0 Å². The van der Waals surface area contributed by atoms with Gasteiger partial charge in [-0.15, -0.1) is 0 Å². The van der Waals surface area contributed by atoms with Crippen molar-refractivity contribution < 1.29 is 14.8 Å². The third kappa shape index (κ3) is 1.80. The molecule has 0 bridgehead atoms. The molecule has 0 aromatic heterocycles. The van der Waals surface area contributed by atoms with Gasteiger partial charge in [0.05, 0.1) is 16.0 Å². The Kier molecular flexibility index (Phi) is 2.97. The number of nitro groups is 1. The third-order valence-electron chi connectivity index (χ3n) is 4.37. The van der Waals surface area contributed by atoms with Gasteiger partial charge in [0.25, 0.3) is 5.69 Å². The number of rotatable bonds is 3. The summed E-state index contributed by atoms with van der Waals surface area (Å²) in [5, 5.41) is 23.1. The van der Waals surface area contributed by atoms with Crippen molar-refractivity contribution in [2.45, 2.75) is 24.1 Å². The fraction of sp³-hybridized carbons (Fsp3) is 0.462. The topological polar surface area (TPSA) is 92.5 Å². The zero-order valence-electron chi connectivity index (χ0n) is 10.5. The van der Waals surface area contributed by atoms with Gasteiger partial charge in [0.15, 0.2) is 0 Å². The van der Waals surface area contributed by atoms with Crippen molar-refractivity contribution in [3.8, 4) is 5.75 Å². The van der Waals surface area contributed by atoms with E-state index in [2.05, 4.69) is 21.2 Å². The van der Waals surface area contributed by atoms with Crippen molar-refractivity contribution in [3.63, 3.8) is 0 Å². The van der Waals surface area contributed by atoms with Crippen LogP contribution in [0.15, 0.2) is 18.2 Å². The average molecular weight is 341 g/mol. The second kappa shape index (κ2) is 4.44. The normalized spacial score (nSPS) is 30.6. The molecule has 2 N–H and O–H groups in total. The summed E-state index contributed by atoms with van der Waals surface area (Å²) in [6.07, 6.45) is 2.85. The molecule has 2 aliphatic rings. The number of hydrogen-bond acceptors (Lipinski definition) is 4. The Morgan fingerprint density at radius 3 is 2.90 bits per heavy atom. The zero-order valence-corrected chi connectivity index (χ0v) is 12.1. The molecule has 2 aliphatic carbocycles. The lowest BCUT2D eigenvalue weighted by atomic mass is 10.0. The highest BCUT2D eigenvalue weighted by molar-refractivity contribution is 9.09. The number of carbonyl (C=O) groups is 1. The summed E-state index contributed by atoms with van der Waals surface area (Å²) < 4.78 is 0. The molecule has 3 rings (SSSR count). The minimum atomic E-state index is -0.559. The zero-order chi connectivity index (χ0) is 14.5. The first-order valence-corrected chi connectivity index (χ1v) is 7.31. The summed E-state index contributed by atoms with van der Waals surface area (Å²) in [5.41, 5.74) is -0.475. The van der Waals surface area contributed by atoms with Crippen LogP contribution in [-0.4, -0.2) is 20.8 Å². The number of phenols is 1. The van der Waals surface area contributed by atoms with Gasteiger partial charge in [-0.05, 0) is 24.8 Å². The molecular weight excluding hydrogens is 328 g/mol. The highest BCUT2D eigenvalue weighted by atomic mass is 79.9. The van der Waals surface area contributed by atoms with Crippen molar-refractivity contribution in [2.75, 3.05) is 5.32 Å². The lowest BCUT2D eigenvalue weighted by molar-refractivity contribution is -0.384. The van der Waals surface area contributed by atoms with Crippen molar-refractivity contribution in [1.29, 1.82) is 0 Å². The number of carbonyl (C=O) groups excluding carboxylic acids is 1. The number of non-ortho nitro benzene ring substituents is 1. The molecule has 0 radical (unpaired) electrons. The lowest BCUT2D eigenvalue weighted by Crippen LogP contribution is -2.26. The first-order chi connectivity index (χ1) is 9.46. The van der Waals surface area contributed by atoms with Crippen molar-refractivity contribution >= 4 is 33.2 Å². The summed E-state index contributed by atoms with van der Waals surface area (Å²) in [6.45, 7) is 0. The van der Waals surface area contributed by atoms with Crippen molar-refractivity contribution in [3.05, 3.63) is 28.3 Å². The van der Waals surface area contributed by atoms with Gasteiger partial charge in [0.2, 0.25) is 5.91 Å². The molecule has 1 aromatic carbocycles. The maximum absolute atomic E-state index is 12.4. The number of amides is 1. The summed E-state index contributed by atoms with van der Waals surface area (Å²) in [4.78, 5) is 22.7. The number of nitrogens with zero attached hydrogens (tertiary/aromatic N) is 1. The number of alkyl halides is 1. The van der Waals surface area contributed by atoms with E-state index in [4.69, 9.17) is 0 Å². The second-order valence-corrected chi connectivity index (χ2v) is 6.34. The molecule has 3 atom stereocenters. The summed E-state index contributed by atoms with van der Waals surface area (Å²) >= 11 is 3.52. The average Bonchev–Trinajstić information content (AvgIpc) is 2.81. The van der Waals surface area contributed by atoms with E-state index in [1.54, 1.807) is 0 Å². The number of benzene rings is 1. The summed E-state index contributed by atoms with van der Waals surface area (Å²) in [7, 11) is 0. The van der Waals surface area contributed by atoms with Crippen LogP contribution in [0.25, 0.3) is 0 Å². The predicted octanol–water partition coefficient (Wildman–Crippen LogP) is 2.80. The molecule has 0 saturated heterocycles. The molecule has 20 heavy (non-hydrogen) atoms. The first-order valence-electron chi connectivity index (χ1n) is 6.40. The van der Waals surface area contributed by atoms with E-state index >= 15 is 0 Å². The third-order valence-corrected chi connectivity index (χ3v) is 5.82. The smallest absolute Gasteiger partial charge is 0.271 e. The molecule has 7 heteroatoms. The van der Waals surface area contributed by atoms with Gasteiger partial charge in [-0.2, -0.15) is 0 Å². The lowest BCUT2D eigenvalue weighted by Gasteiger charge is -2.14. The molecule has 2 saturated carbocycles. The Labute approximate surface area is 123 Å². The number of nitrogens with one attached hydrogen (secondary N) is 1. The number of nitro benzene ring substituents is 1. The van der Waals surface area contributed by atoms with Crippen LogP contribution >= 0.6 is 15.9 Å². The van der Waals surface area contributed by atoms with Crippen LogP contribution < -0.4 is 5.32 Å². The molecule has 6 nitrogen and oxygen atoms in total. The number of hydrogen-bond donors (Lipinski definition) is 2. The fourth-order valence-electron chi connectivity index (χ4n) is 3.19. The highest BCUT2D eigenvalue weighted by Crippen LogP contribution is 2.67. The van der Waals surface area contributed by atoms with Gasteiger partial charge >= 0.3 is 0 Å². The molecular formula is C13H13BrN2O4. The Bertz CT molecular complexity index is 606. The van der Waals surface area contributed by atoms with Crippen molar-refractivity contribution in [2.24, 2.45) is 11.3 Å². The number of anilines is 1.